The Balaban J connectivity index is 2.24. The van der Waals surface area contributed by atoms with E-state index in [4.69, 9.17) is 15.2 Å². The van der Waals surface area contributed by atoms with Gasteiger partial charge in [0.25, 0.3) is 0 Å². The van der Waals surface area contributed by atoms with Gasteiger partial charge in [0.15, 0.2) is 6.10 Å². The average molecular weight is 358 g/mol. The number of methoxy groups -OCH3 is 1. The summed E-state index contributed by atoms with van der Waals surface area (Å²) in [5.74, 6) is -1.66. The molecule has 7 nitrogen and oxygen atoms in total. The Bertz CT molecular complexity index is 882. The minimum Gasteiger partial charge on any atom is -0.465 e. The summed E-state index contributed by atoms with van der Waals surface area (Å²) in [5.41, 5.74) is 8.65. The summed E-state index contributed by atoms with van der Waals surface area (Å²) in [6.45, 7) is 6.55. The number of carbonyl (C=O) groups excluding carboxylic acids is 3. The second-order valence-electron chi connectivity index (χ2n) is 6.06. The highest BCUT2D eigenvalue weighted by atomic mass is 16.5. The largest absolute Gasteiger partial charge is 0.465 e. The molecule has 0 spiro atoms. The van der Waals surface area contributed by atoms with Crippen LogP contribution in [0.4, 0.5) is 5.69 Å². The lowest BCUT2D eigenvalue weighted by molar-refractivity contribution is 0.0317. The Kier molecular flexibility index (Phi) is 5.50. The standard InChI is InChI=1S/C19H22N2O5/c1-9-7-6-8-13(15(9)20)18(23)26-12(4)17(22)16-10(2)14(11(3)21-16)19(24)25-5/h6-8,12,21H,20H2,1-5H3/t12-/m1/s1. The summed E-state index contributed by atoms with van der Waals surface area (Å²) < 4.78 is 10.0. The number of ether oxygens (including phenoxy) is 2. The molecule has 0 aliphatic carbocycles. The summed E-state index contributed by atoms with van der Waals surface area (Å²) in [5, 5.41) is 0. The van der Waals surface area contributed by atoms with Gasteiger partial charge in [0.1, 0.15) is 0 Å². The number of H-pyrrole nitrogens is 1. The number of ketones is 1. The van der Waals surface area contributed by atoms with Crippen LogP contribution in [0.15, 0.2) is 18.2 Å². The van der Waals surface area contributed by atoms with Crippen molar-refractivity contribution >= 4 is 23.4 Å². The summed E-state index contributed by atoms with van der Waals surface area (Å²) in [4.78, 5) is 39.7. The molecule has 2 rings (SSSR count). The van der Waals surface area contributed by atoms with E-state index in [-0.39, 0.29) is 11.3 Å². The van der Waals surface area contributed by atoms with Crippen LogP contribution in [0.3, 0.4) is 0 Å². The first kappa shape index (κ1) is 19.2. The molecular formula is C19H22N2O5. The SMILES string of the molecule is COC(=O)c1c(C)[nH]c(C(=O)[C@@H](C)OC(=O)c2cccc(C)c2N)c1C. The molecular weight excluding hydrogens is 336 g/mol. The molecule has 0 amide bonds. The van der Waals surface area contributed by atoms with Gasteiger partial charge in [-0.1, -0.05) is 12.1 Å². The summed E-state index contributed by atoms with van der Waals surface area (Å²) >= 11 is 0. The normalized spacial score (nSPS) is 11.7. The van der Waals surface area contributed by atoms with Gasteiger partial charge in [0, 0.05) is 11.4 Å². The number of para-hydroxylation sites is 1. The zero-order valence-corrected chi connectivity index (χ0v) is 15.4. The molecule has 0 radical (unpaired) electrons. The predicted octanol–water partition coefficient (Wildman–Crippen LogP) is 2.74. The van der Waals surface area contributed by atoms with Gasteiger partial charge >= 0.3 is 11.9 Å². The van der Waals surface area contributed by atoms with E-state index in [2.05, 4.69) is 4.98 Å². The quantitative estimate of drug-likeness (QED) is 0.483. The van der Waals surface area contributed by atoms with Gasteiger partial charge in [0.2, 0.25) is 5.78 Å². The van der Waals surface area contributed by atoms with Crippen LogP contribution >= 0.6 is 0 Å². The number of aromatic nitrogens is 1. The van der Waals surface area contributed by atoms with Crippen molar-refractivity contribution in [3.63, 3.8) is 0 Å². The Labute approximate surface area is 151 Å². The molecule has 1 atom stereocenters. The van der Waals surface area contributed by atoms with Crippen LogP contribution < -0.4 is 5.73 Å². The molecule has 138 valence electrons. The van der Waals surface area contributed by atoms with E-state index in [1.807, 2.05) is 0 Å². The monoisotopic (exact) mass is 358 g/mol. The van der Waals surface area contributed by atoms with Crippen molar-refractivity contribution < 1.29 is 23.9 Å². The molecule has 26 heavy (non-hydrogen) atoms. The number of hydrogen-bond acceptors (Lipinski definition) is 6. The molecule has 0 bridgehead atoms. The Hall–Kier alpha value is -3.09. The van der Waals surface area contributed by atoms with E-state index in [1.54, 1.807) is 39.0 Å². The Morgan fingerprint density at radius 2 is 1.77 bits per heavy atom. The van der Waals surface area contributed by atoms with E-state index in [0.717, 1.165) is 5.56 Å². The number of nitrogen functional groups attached to an aromatic ring is 1. The Morgan fingerprint density at radius 1 is 1.12 bits per heavy atom. The molecule has 1 aromatic carbocycles. The fraction of sp³-hybridized carbons (Fsp3) is 0.316. The van der Waals surface area contributed by atoms with Crippen LogP contribution in [0.1, 0.15) is 54.9 Å². The van der Waals surface area contributed by atoms with Crippen LogP contribution in [-0.2, 0) is 9.47 Å². The number of rotatable bonds is 5. The number of aryl methyl sites for hydroxylation is 2. The number of anilines is 1. The van der Waals surface area contributed by atoms with Crippen molar-refractivity contribution in [2.75, 3.05) is 12.8 Å². The third-order valence-corrected chi connectivity index (χ3v) is 4.27. The van der Waals surface area contributed by atoms with Crippen molar-refractivity contribution in [1.29, 1.82) is 0 Å². The van der Waals surface area contributed by atoms with E-state index in [1.165, 1.54) is 14.0 Å². The van der Waals surface area contributed by atoms with E-state index in [0.29, 0.717) is 22.5 Å². The molecule has 0 aliphatic rings. The smallest absolute Gasteiger partial charge is 0.340 e. The van der Waals surface area contributed by atoms with E-state index >= 15 is 0 Å². The number of nitrogens with two attached hydrogens (primary N) is 1. The molecule has 2 aromatic rings. The van der Waals surface area contributed by atoms with Crippen molar-refractivity contribution in [3.05, 3.63) is 51.8 Å². The van der Waals surface area contributed by atoms with Crippen LogP contribution in [0.25, 0.3) is 0 Å². The molecule has 0 aliphatic heterocycles. The minimum atomic E-state index is -1.05. The molecule has 0 saturated carbocycles. The van der Waals surface area contributed by atoms with Gasteiger partial charge < -0.3 is 20.2 Å². The second-order valence-corrected chi connectivity index (χ2v) is 6.06. The lowest BCUT2D eigenvalue weighted by atomic mass is 10.1. The van der Waals surface area contributed by atoms with Gasteiger partial charge in [-0.2, -0.15) is 0 Å². The maximum Gasteiger partial charge on any atom is 0.340 e. The molecule has 3 N–H and O–H groups in total. The maximum absolute atomic E-state index is 12.7. The van der Waals surface area contributed by atoms with Crippen LogP contribution in [0.2, 0.25) is 0 Å². The number of esters is 2. The van der Waals surface area contributed by atoms with Crippen LogP contribution in [0, 0.1) is 20.8 Å². The lowest BCUT2D eigenvalue weighted by Gasteiger charge is -2.14. The first-order valence-electron chi connectivity index (χ1n) is 8.06. The molecule has 1 heterocycles. The van der Waals surface area contributed by atoms with Crippen LogP contribution in [-0.4, -0.2) is 35.9 Å². The molecule has 0 fully saturated rings. The number of benzene rings is 1. The number of nitrogens with one attached hydrogen (secondary N) is 1. The van der Waals surface area contributed by atoms with Gasteiger partial charge in [-0.25, -0.2) is 9.59 Å². The second kappa shape index (κ2) is 7.43. The van der Waals surface area contributed by atoms with Gasteiger partial charge in [0.05, 0.1) is 23.9 Å². The first-order chi connectivity index (χ1) is 12.2. The highest BCUT2D eigenvalue weighted by Crippen LogP contribution is 2.22. The van der Waals surface area contributed by atoms with Crippen molar-refractivity contribution in [2.45, 2.75) is 33.8 Å². The molecule has 0 saturated heterocycles. The van der Waals surface area contributed by atoms with E-state index < -0.39 is 23.8 Å². The van der Waals surface area contributed by atoms with Crippen molar-refractivity contribution in [1.82, 2.24) is 4.98 Å². The molecule has 1 aromatic heterocycles. The molecule has 0 unspecified atom stereocenters. The number of hydrogen-bond donors (Lipinski definition) is 2. The van der Waals surface area contributed by atoms with Crippen LogP contribution in [0.5, 0.6) is 0 Å². The highest BCUT2D eigenvalue weighted by Gasteiger charge is 2.28. The summed E-state index contributed by atoms with van der Waals surface area (Å²) in [6, 6.07) is 5.01. The van der Waals surface area contributed by atoms with Gasteiger partial charge in [-0.3, -0.25) is 4.79 Å². The first-order valence-corrected chi connectivity index (χ1v) is 8.06. The van der Waals surface area contributed by atoms with Crippen molar-refractivity contribution in [3.8, 4) is 0 Å². The fourth-order valence-corrected chi connectivity index (χ4v) is 2.74. The van der Waals surface area contributed by atoms with E-state index in [9.17, 15) is 14.4 Å². The zero-order chi connectivity index (χ0) is 19.6. The summed E-state index contributed by atoms with van der Waals surface area (Å²) in [6.07, 6.45) is -1.05. The average Bonchev–Trinajstić information content (AvgIpc) is 2.90. The van der Waals surface area contributed by atoms with Gasteiger partial charge in [-0.15, -0.1) is 0 Å². The number of Topliss-reactive ketones (excluding diaryl/α,β-unsaturated/α-hetero) is 1. The Morgan fingerprint density at radius 3 is 2.38 bits per heavy atom. The number of aromatic amines is 1. The fourth-order valence-electron chi connectivity index (χ4n) is 2.74. The van der Waals surface area contributed by atoms with Crippen molar-refractivity contribution in [2.24, 2.45) is 0 Å². The maximum atomic E-state index is 12.7. The third-order valence-electron chi connectivity index (χ3n) is 4.27. The summed E-state index contributed by atoms with van der Waals surface area (Å²) in [7, 11) is 1.27. The third kappa shape index (κ3) is 3.46. The highest BCUT2D eigenvalue weighted by molar-refractivity contribution is 6.05. The van der Waals surface area contributed by atoms with Gasteiger partial charge in [-0.05, 0) is 44.9 Å². The lowest BCUT2D eigenvalue weighted by Crippen LogP contribution is -2.26. The topological polar surface area (TPSA) is 111 Å². The number of carbonyl (C=O) groups is 3. The molecule has 7 heteroatoms. The zero-order valence-electron chi connectivity index (χ0n) is 15.4. The minimum absolute atomic E-state index is 0.208. The predicted molar refractivity (Wildman–Crippen MR) is 96.4 cm³/mol.